The molecule has 132 valence electrons. The van der Waals surface area contributed by atoms with Gasteiger partial charge in [-0.25, -0.2) is 0 Å². The monoisotopic (exact) mass is 352 g/mol. The number of aliphatic hydroxyl groups excluding tert-OH is 1. The van der Waals surface area contributed by atoms with Gasteiger partial charge in [-0.2, -0.15) is 0 Å². The maximum absolute atomic E-state index is 12.1. The fourth-order valence-electron chi connectivity index (χ4n) is 3.49. The average molecular weight is 352 g/mol. The summed E-state index contributed by atoms with van der Waals surface area (Å²) in [4.78, 5) is 27.0. The van der Waals surface area contributed by atoms with Crippen LogP contribution in [0.15, 0.2) is 17.5 Å². The highest BCUT2D eigenvalue weighted by molar-refractivity contribution is 7.09. The Hall–Kier alpha value is -1.44. The predicted molar refractivity (Wildman–Crippen MR) is 90.6 cm³/mol. The third kappa shape index (κ3) is 3.96. The van der Waals surface area contributed by atoms with Gasteiger partial charge in [0.25, 0.3) is 0 Å². The molecule has 2 heterocycles. The number of likely N-dealkylation sites (tertiary alicyclic amines) is 1. The quantitative estimate of drug-likeness (QED) is 0.688. The zero-order valence-corrected chi connectivity index (χ0v) is 14.4. The van der Waals surface area contributed by atoms with Crippen LogP contribution in [0.5, 0.6) is 0 Å². The van der Waals surface area contributed by atoms with Gasteiger partial charge in [-0.3, -0.25) is 14.5 Å². The molecular weight excluding hydrogens is 328 g/mol. The second-order valence-corrected chi connectivity index (χ2v) is 8.01. The fourth-order valence-corrected chi connectivity index (χ4v) is 4.14. The standard InChI is InChI=1S/C17H24N2O4S/c20-14-5-6-19(10-15(21)18-9-13-2-1-7-24-13)11-17(14,16(22)23)8-12-3-4-12/h1-2,7,12,14,20H,3-6,8-11H2,(H,18,21)(H,22,23)/t14-,17-/m0/s1. The van der Waals surface area contributed by atoms with Crippen molar-refractivity contribution < 1.29 is 19.8 Å². The highest BCUT2D eigenvalue weighted by Gasteiger charge is 2.51. The molecule has 1 saturated carbocycles. The van der Waals surface area contributed by atoms with E-state index >= 15 is 0 Å². The molecule has 6 nitrogen and oxygen atoms in total. The summed E-state index contributed by atoms with van der Waals surface area (Å²) in [6.45, 7) is 1.47. The first-order valence-electron chi connectivity index (χ1n) is 8.42. The SMILES string of the molecule is O=C(CN1CC[C@H](O)[C@@](CC2CC2)(C(=O)O)C1)NCc1cccs1. The van der Waals surface area contributed by atoms with Crippen LogP contribution >= 0.6 is 11.3 Å². The van der Waals surface area contributed by atoms with Crippen molar-refractivity contribution in [1.82, 2.24) is 10.2 Å². The third-order valence-corrected chi connectivity index (χ3v) is 5.92. The Morgan fingerprint density at radius 2 is 2.17 bits per heavy atom. The van der Waals surface area contributed by atoms with Gasteiger partial charge in [0.15, 0.2) is 0 Å². The summed E-state index contributed by atoms with van der Waals surface area (Å²) in [5.74, 6) is -0.639. The van der Waals surface area contributed by atoms with Gasteiger partial charge < -0.3 is 15.5 Å². The van der Waals surface area contributed by atoms with Gasteiger partial charge in [-0.05, 0) is 30.2 Å². The number of carboxylic acids is 1. The Balaban J connectivity index is 1.57. The Kier molecular flexibility index (Phi) is 5.22. The average Bonchev–Trinajstić information content (AvgIpc) is 3.19. The lowest BCUT2D eigenvalue weighted by Crippen LogP contribution is -2.57. The molecule has 0 spiro atoms. The number of piperidine rings is 1. The Morgan fingerprint density at radius 1 is 1.38 bits per heavy atom. The fraction of sp³-hybridized carbons (Fsp3) is 0.647. The molecule has 1 saturated heterocycles. The number of aliphatic carboxylic acids is 1. The summed E-state index contributed by atoms with van der Waals surface area (Å²) in [6.07, 6.45) is 2.17. The van der Waals surface area contributed by atoms with Gasteiger partial charge in [0.1, 0.15) is 5.41 Å². The molecular formula is C17H24N2O4S. The van der Waals surface area contributed by atoms with Crippen molar-refractivity contribution in [2.45, 2.75) is 38.3 Å². The number of thiophene rings is 1. The van der Waals surface area contributed by atoms with Crippen molar-refractivity contribution in [2.24, 2.45) is 11.3 Å². The maximum atomic E-state index is 12.1. The van der Waals surface area contributed by atoms with Crippen molar-refractivity contribution in [3.63, 3.8) is 0 Å². The minimum atomic E-state index is -1.13. The van der Waals surface area contributed by atoms with Crippen LogP contribution in [-0.4, -0.2) is 52.7 Å². The number of carboxylic acid groups (broad SMARTS) is 1. The molecule has 0 unspecified atom stereocenters. The van der Waals surface area contributed by atoms with Crippen LogP contribution in [0, 0.1) is 11.3 Å². The molecule has 1 aromatic rings. The van der Waals surface area contributed by atoms with E-state index in [0.29, 0.717) is 31.8 Å². The molecule has 7 heteroatoms. The molecule has 1 amide bonds. The summed E-state index contributed by atoms with van der Waals surface area (Å²) in [5, 5.41) is 24.9. The first kappa shape index (κ1) is 17.4. The molecule has 24 heavy (non-hydrogen) atoms. The molecule has 0 radical (unpaired) electrons. The van der Waals surface area contributed by atoms with E-state index in [1.807, 2.05) is 22.4 Å². The van der Waals surface area contributed by atoms with E-state index < -0.39 is 17.5 Å². The van der Waals surface area contributed by atoms with Crippen LogP contribution < -0.4 is 5.32 Å². The lowest BCUT2D eigenvalue weighted by atomic mass is 9.73. The zero-order chi connectivity index (χ0) is 17.2. The first-order chi connectivity index (χ1) is 11.5. The second kappa shape index (κ2) is 7.21. The van der Waals surface area contributed by atoms with Crippen molar-refractivity contribution in [3.05, 3.63) is 22.4 Å². The molecule has 3 rings (SSSR count). The van der Waals surface area contributed by atoms with Gasteiger partial charge in [0.05, 0.1) is 19.2 Å². The predicted octanol–water partition coefficient (Wildman–Crippen LogP) is 1.30. The number of hydrogen-bond donors (Lipinski definition) is 3. The van der Waals surface area contributed by atoms with Gasteiger partial charge >= 0.3 is 5.97 Å². The highest BCUT2D eigenvalue weighted by Crippen LogP contribution is 2.45. The highest BCUT2D eigenvalue weighted by atomic mass is 32.1. The number of rotatable bonds is 7. The molecule has 1 aliphatic carbocycles. The molecule has 0 bridgehead atoms. The largest absolute Gasteiger partial charge is 0.481 e. The van der Waals surface area contributed by atoms with E-state index in [9.17, 15) is 19.8 Å². The zero-order valence-electron chi connectivity index (χ0n) is 13.6. The summed E-state index contributed by atoms with van der Waals surface area (Å²) >= 11 is 1.59. The number of nitrogens with one attached hydrogen (secondary N) is 1. The van der Waals surface area contributed by atoms with Crippen LogP contribution in [0.25, 0.3) is 0 Å². The number of hydrogen-bond acceptors (Lipinski definition) is 5. The second-order valence-electron chi connectivity index (χ2n) is 6.98. The van der Waals surface area contributed by atoms with Crippen molar-refractivity contribution in [3.8, 4) is 0 Å². The van der Waals surface area contributed by atoms with Crippen LogP contribution in [0.1, 0.15) is 30.6 Å². The van der Waals surface area contributed by atoms with Crippen molar-refractivity contribution in [2.75, 3.05) is 19.6 Å². The van der Waals surface area contributed by atoms with E-state index in [0.717, 1.165) is 17.7 Å². The molecule has 1 aromatic heterocycles. The molecule has 2 aliphatic rings. The van der Waals surface area contributed by atoms with Crippen LogP contribution in [-0.2, 0) is 16.1 Å². The number of nitrogens with zero attached hydrogens (tertiary/aromatic N) is 1. The number of amides is 1. The molecule has 2 fully saturated rings. The maximum Gasteiger partial charge on any atom is 0.313 e. The Bertz CT molecular complexity index is 587. The van der Waals surface area contributed by atoms with E-state index in [4.69, 9.17) is 0 Å². The molecule has 3 N–H and O–H groups in total. The molecule has 1 aliphatic heterocycles. The van der Waals surface area contributed by atoms with Gasteiger partial charge in [-0.15, -0.1) is 11.3 Å². The summed E-state index contributed by atoms with van der Waals surface area (Å²) in [6, 6.07) is 3.91. The summed E-state index contributed by atoms with van der Waals surface area (Å²) in [7, 11) is 0. The van der Waals surface area contributed by atoms with E-state index in [1.54, 1.807) is 11.3 Å². The smallest absolute Gasteiger partial charge is 0.313 e. The van der Waals surface area contributed by atoms with E-state index in [-0.39, 0.29) is 19.0 Å². The minimum absolute atomic E-state index is 0.106. The molecule has 2 atom stereocenters. The minimum Gasteiger partial charge on any atom is -0.481 e. The van der Waals surface area contributed by atoms with Crippen LogP contribution in [0.4, 0.5) is 0 Å². The van der Waals surface area contributed by atoms with Gasteiger partial charge in [0.2, 0.25) is 5.91 Å². The lowest BCUT2D eigenvalue weighted by Gasteiger charge is -2.43. The van der Waals surface area contributed by atoms with E-state index in [1.165, 1.54) is 0 Å². The number of aliphatic hydroxyl groups is 1. The van der Waals surface area contributed by atoms with Crippen molar-refractivity contribution in [1.29, 1.82) is 0 Å². The van der Waals surface area contributed by atoms with Crippen molar-refractivity contribution >= 4 is 23.2 Å². The topological polar surface area (TPSA) is 89.9 Å². The first-order valence-corrected chi connectivity index (χ1v) is 9.30. The lowest BCUT2D eigenvalue weighted by molar-refractivity contribution is -0.165. The summed E-state index contributed by atoms with van der Waals surface area (Å²) in [5.41, 5.74) is -1.13. The van der Waals surface area contributed by atoms with Gasteiger partial charge in [0, 0.05) is 18.0 Å². The Morgan fingerprint density at radius 3 is 2.79 bits per heavy atom. The van der Waals surface area contributed by atoms with Gasteiger partial charge in [-0.1, -0.05) is 18.9 Å². The van der Waals surface area contributed by atoms with E-state index in [2.05, 4.69) is 5.32 Å². The van der Waals surface area contributed by atoms with Crippen LogP contribution in [0.3, 0.4) is 0 Å². The summed E-state index contributed by atoms with van der Waals surface area (Å²) < 4.78 is 0. The number of carbonyl (C=O) groups excluding carboxylic acids is 1. The number of carbonyl (C=O) groups is 2. The Labute approximate surface area is 145 Å². The normalized spacial score (nSPS) is 27.8. The third-order valence-electron chi connectivity index (χ3n) is 5.05. The van der Waals surface area contributed by atoms with Crippen LogP contribution in [0.2, 0.25) is 0 Å². The molecule has 0 aromatic carbocycles.